The molecular formula is C15H20N4O2. The fourth-order valence-electron chi connectivity index (χ4n) is 2.62. The van der Waals surface area contributed by atoms with Crippen molar-refractivity contribution in [2.75, 3.05) is 51.3 Å². The average Bonchev–Trinajstić information content (AvgIpc) is 2.53. The molecule has 21 heavy (non-hydrogen) atoms. The molecule has 2 aromatic rings. The van der Waals surface area contributed by atoms with Crippen molar-refractivity contribution in [1.29, 1.82) is 0 Å². The summed E-state index contributed by atoms with van der Waals surface area (Å²) in [5.41, 5.74) is 0.666. The van der Waals surface area contributed by atoms with E-state index in [2.05, 4.69) is 14.8 Å². The summed E-state index contributed by atoms with van der Waals surface area (Å²) in [6.45, 7) is 5.43. The molecule has 6 heteroatoms. The van der Waals surface area contributed by atoms with Crippen LogP contribution in [0.25, 0.3) is 5.65 Å². The summed E-state index contributed by atoms with van der Waals surface area (Å²) in [6, 6.07) is 7.22. The highest BCUT2D eigenvalue weighted by Crippen LogP contribution is 2.12. The molecule has 112 valence electrons. The fraction of sp³-hybridized carbons (Fsp3) is 0.467. The lowest BCUT2D eigenvalue weighted by molar-refractivity contribution is 0.144. The summed E-state index contributed by atoms with van der Waals surface area (Å²) >= 11 is 0. The van der Waals surface area contributed by atoms with Crippen LogP contribution < -0.4 is 10.5 Å². The van der Waals surface area contributed by atoms with E-state index < -0.39 is 0 Å². The summed E-state index contributed by atoms with van der Waals surface area (Å²) in [4.78, 5) is 21.3. The van der Waals surface area contributed by atoms with Crippen LogP contribution in [0.15, 0.2) is 35.3 Å². The monoisotopic (exact) mass is 288 g/mol. The van der Waals surface area contributed by atoms with Gasteiger partial charge in [-0.15, -0.1) is 0 Å². The Bertz CT molecular complexity index is 662. The van der Waals surface area contributed by atoms with Gasteiger partial charge in [0, 0.05) is 52.1 Å². The molecule has 1 aliphatic rings. The van der Waals surface area contributed by atoms with Crippen molar-refractivity contribution in [2.24, 2.45) is 0 Å². The van der Waals surface area contributed by atoms with Crippen LogP contribution in [0.5, 0.6) is 0 Å². The highest BCUT2D eigenvalue weighted by atomic mass is 16.5. The second kappa shape index (κ2) is 6.24. The molecule has 0 amide bonds. The molecule has 0 radical (unpaired) electrons. The van der Waals surface area contributed by atoms with Crippen molar-refractivity contribution in [3.8, 4) is 0 Å². The Labute approximate surface area is 123 Å². The van der Waals surface area contributed by atoms with Gasteiger partial charge in [0.05, 0.1) is 6.61 Å². The largest absolute Gasteiger partial charge is 0.383 e. The predicted octanol–water partition coefficient (Wildman–Crippen LogP) is 0.463. The normalized spacial score (nSPS) is 16.5. The maximum absolute atomic E-state index is 12.1. The fourth-order valence-corrected chi connectivity index (χ4v) is 2.62. The number of ether oxygens (including phenoxy) is 1. The first kappa shape index (κ1) is 14.0. The van der Waals surface area contributed by atoms with E-state index in [1.54, 1.807) is 23.8 Å². The summed E-state index contributed by atoms with van der Waals surface area (Å²) < 4.78 is 6.68. The SMILES string of the molecule is COCCN1CCN(c2cc(=O)n3ccccc3n2)CC1. The minimum Gasteiger partial charge on any atom is -0.383 e. The maximum Gasteiger partial charge on any atom is 0.259 e. The zero-order valence-electron chi connectivity index (χ0n) is 12.2. The van der Waals surface area contributed by atoms with Crippen molar-refractivity contribution in [1.82, 2.24) is 14.3 Å². The molecular weight excluding hydrogens is 268 g/mol. The molecule has 0 saturated carbocycles. The minimum absolute atomic E-state index is 0.0302. The molecule has 2 aromatic heterocycles. The predicted molar refractivity (Wildman–Crippen MR) is 82.0 cm³/mol. The Morgan fingerprint density at radius 1 is 1.24 bits per heavy atom. The number of hydrogen-bond donors (Lipinski definition) is 0. The van der Waals surface area contributed by atoms with Crippen LogP contribution in [0.2, 0.25) is 0 Å². The molecule has 3 rings (SSSR count). The van der Waals surface area contributed by atoms with Crippen LogP contribution in [0.1, 0.15) is 0 Å². The smallest absolute Gasteiger partial charge is 0.259 e. The number of piperazine rings is 1. The van der Waals surface area contributed by atoms with Gasteiger partial charge in [-0.1, -0.05) is 6.07 Å². The molecule has 3 heterocycles. The first-order valence-electron chi connectivity index (χ1n) is 7.22. The number of rotatable bonds is 4. The molecule has 0 spiro atoms. The molecule has 0 aliphatic carbocycles. The number of fused-ring (bicyclic) bond motifs is 1. The van der Waals surface area contributed by atoms with Gasteiger partial charge in [-0.05, 0) is 12.1 Å². The van der Waals surface area contributed by atoms with Crippen LogP contribution in [0.4, 0.5) is 5.82 Å². The van der Waals surface area contributed by atoms with Gasteiger partial charge in [0.15, 0.2) is 0 Å². The van der Waals surface area contributed by atoms with E-state index in [-0.39, 0.29) is 5.56 Å². The molecule has 0 atom stereocenters. The summed E-state index contributed by atoms with van der Waals surface area (Å²) in [6.07, 6.45) is 1.75. The van der Waals surface area contributed by atoms with E-state index in [1.807, 2.05) is 18.2 Å². The van der Waals surface area contributed by atoms with Crippen LogP contribution in [0.3, 0.4) is 0 Å². The molecule has 1 saturated heterocycles. The lowest BCUT2D eigenvalue weighted by atomic mass is 10.3. The first-order valence-corrected chi connectivity index (χ1v) is 7.22. The topological polar surface area (TPSA) is 50.1 Å². The second-order valence-electron chi connectivity index (χ2n) is 5.20. The Kier molecular flexibility index (Phi) is 4.17. The van der Waals surface area contributed by atoms with Gasteiger partial charge in [0.1, 0.15) is 11.5 Å². The van der Waals surface area contributed by atoms with Crippen molar-refractivity contribution < 1.29 is 4.74 Å². The third-order valence-corrected chi connectivity index (χ3v) is 3.87. The first-order chi connectivity index (χ1) is 10.3. The molecule has 1 aliphatic heterocycles. The number of nitrogens with zero attached hydrogens (tertiary/aromatic N) is 4. The molecule has 0 unspecified atom stereocenters. The molecule has 0 N–H and O–H groups in total. The number of hydrogen-bond acceptors (Lipinski definition) is 5. The highest BCUT2D eigenvalue weighted by Gasteiger charge is 2.18. The Hall–Kier alpha value is -1.92. The van der Waals surface area contributed by atoms with Crippen LogP contribution in [0, 0.1) is 0 Å². The summed E-state index contributed by atoms with van der Waals surface area (Å²) in [5.74, 6) is 0.776. The molecule has 0 bridgehead atoms. The van der Waals surface area contributed by atoms with Gasteiger partial charge >= 0.3 is 0 Å². The number of aromatic nitrogens is 2. The van der Waals surface area contributed by atoms with E-state index in [9.17, 15) is 4.79 Å². The van der Waals surface area contributed by atoms with E-state index in [0.29, 0.717) is 5.65 Å². The third kappa shape index (κ3) is 3.06. The number of anilines is 1. The van der Waals surface area contributed by atoms with Gasteiger partial charge in [0.25, 0.3) is 5.56 Å². The van der Waals surface area contributed by atoms with Crippen molar-refractivity contribution in [3.05, 3.63) is 40.8 Å². The van der Waals surface area contributed by atoms with Crippen molar-refractivity contribution >= 4 is 11.5 Å². The maximum atomic E-state index is 12.1. The quantitative estimate of drug-likeness (QED) is 0.818. The van der Waals surface area contributed by atoms with Gasteiger partial charge in [-0.3, -0.25) is 14.1 Å². The van der Waals surface area contributed by atoms with E-state index in [4.69, 9.17) is 4.74 Å². The second-order valence-corrected chi connectivity index (χ2v) is 5.20. The summed E-state index contributed by atoms with van der Waals surface area (Å²) in [7, 11) is 1.72. The lowest BCUT2D eigenvalue weighted by Crippen LogP contribution is -2.47. The van der Waals surface area contributed by atoms with E-state index in [1.165, 1.54) is 0 Å². The standard InChI is InChI=1S/C15H20N4O2/c1-21-11-10-17-6-8-18(9-7-17)14-12-15(20)19-5-3-2-4-13(19)16-14/h2-5,12H,6-11H2,1H3. The van der Waals surface area contributed by atoms with E-state index >= 15 is 0 Å². The summed E-state index contributed by atoms with van der Waals surface area (Å²) in [5, 5.41) is 0. The molecule has 6 nitrogen and oxygen atoms in total. The van der Waals surface area contributed by atoms with Crippen molar-refractivity contribution in [3.63, 3.8) is 0 Å². The van der Waals surface area contributed by atoms with Gasteiger partial charge in [-0.25, -0.2) is 4.98 Å². The number of pyridine rings is 1. The Morgan fingerprint density at radius 3 is 2.81 bits per heavy atom. The average molecular weight is 288 g/mol. The van der Waals surface area contributed by atoms with E-state index in [0.717, 1.165) is 45.1 Å². The lowest BCUT2D eigenvalue weighted by Gasteiger charge is -2.35. The van der Waals surface area contributed by atoms with Crippen LogP contribution in [-0.2, 0) is 4.74 Å². The zero-order chi connectivity index (χ0) is 14.7. The van der Waals surface area contributed by atoms with Gasteiger partial charge in [0.2, 0.25) is 0 Å². The Balaban J connectivity index is 1.75. The van der Waals surface area contributed by atoms with Crippen molar-refractivity contribution in [2.45, 2.75) is 0 Å². The van der Waals surface area contributed by atoms with Gasteiger partial charge in [-0.2, -0.15) is 0 Å². The van der Waals surface area contributed by atoms with Crippen LogP contribution >= 0.6 is 0 Å². The van der Waals surface area contributed by atoms with Gasteiger partial charge < -0.3 is 9.64 Å². The molecule has 0 aromatic carbocycles. The highest BCUT2D eigenvalue weighted by molar-refractivity contribution is 5.48. The Morgan fingerprint density at radius 2 is 2.05 bits per heavy atom. The number of methoxy groups -OCH3 is 1. The molecule has 1 fully saturated rings. The van der Waals surface area contributed by atoms with Crippen LogP contribution in [-0.4, -0.2) is 60.7 Å². The minimum atomic E-state index is -0.0302. The zero-order valence-corrected chi connectivity index (χ0v) is 12.2. The third-order valence-electron chi connectivity index (χ3n) is 3.87.